The molecular formula is C25H23N3O2. The van der Waals surface area contributed by atoms with E-state index in [-0.39, 0.29) is 11.8 Å². The molecule has 30 heavy (non-hydrogen) atoms. The zero-order valence-corrected chi connectivity index (χ0v) is 16.7. The second kappa shape index (κ2) is 8.66. The standard InChI is InChI=1S/C25H23N3O2/c1-3-16-30-20-12-9-19(10-13-20)23(28-22-8-4-6-17(2)27-22)21-14-11-18-7-5-15-26-24(18)25(21)29/h3-15,23,29H,1,16H2,2H3,(H,27,28). The van der Waals surface area contributed by atoms with Gasteiger partial charge in [-0.15, -0.1) is 0 Å². The van der Waals surface area contributed by atoms with E-state index in [4.69, 9.17) is 4.74 Å². The first-order valence-electron chi connectivity index (χ1n) is 9.76. The van der Waals surface area contributed by atoms with Gasteiger partial charge in [0, 0.05) is 22.8 Å². The molecule has 0 aliphatic rings. The molecule has 0 aliphatic heterocycles. The number of fused-ring (bicyclic) bond motifs is 1. The lowest BCUT2D eigenvalue weighted by Gasteiger charge is -2.22. The molecule has 0 bridgehead atoms. The van der Waals surface area contributed by atoms with E-state index in [0.717, 1.165) is 33.8 Å². The zero-order chi connectivity index (χ0) is 20.9. The topological polar surface area (TPSA) is 67.3 Å². The van der Waals surface area contributed by atoms with Gasteiger partial charge < -0.3 is 15.2 Å². The summed E-state index contributed by atoms with van der Waals surface area (Å²) < 4.78 is 5.60. The fraction of sp³-hybridized carbons (Fsp3) is 0.120. The quantitative estimate of drug-likeness (QED) is 0.408. The Morgan fingerprint density at radius 2 is 1.90 bits per heavy atom. The molecule has 1 unspecified atom stereocenters. The minimum Gasteiger partial charge on any atom is -0.505 e. The Balaban J connectivity index is 1.77. The third-order valence-corrected chi connectivity index (χ3v) is 4.85. The Kier molecular flexibility index (Phi) is 5.61. The van der Waals surface area contributed by atoms with Crippen molar-refractivity contribution in [3.63, 3.8) is 0 Å². The maximum Gasteiger partial charge on any atom is 0.147 e. The SMILES string of the molecule is C=CCOc1ccc(C(Nc2cccc(C)n2)c2ccc3cccnc3c2O)cc1. The summed E-state index contributed by atoms with van der Waals surface area (Å²) in [6.45, 7) is 6.07. The molecule has 0 radical (unpaired) electrons. The van der Waals surface area contributed by atoms with E-state index < -0.39 is 0 Å². The first-order valence-corrected chi connectivity index (χ1v) is 9.76. The normalized spacial score (nSPS) is 11.8. The molecule has 5 nitrogen and oxygen atoms in total. The van der Waals surface area contributed by atoms with Gasteiger partial charge in [-0.1, -0.05) is 49.1 Å². The number of ether oxygens (including phenoxy) is 1. The van der Waals surface area contributed by atoms with Gasteiger partial charge in [-0.2, -0.15) is 0 Å². The number of pyridine rings is 2. The van der Waals surface area contributed by atoms with Crippen LogP contribution in [0.2, 0.25) is 0 Å². The molecule has 5 heteroatoms. The van der Waals surface area contributed by atoms with Crippen molar-refractivity contribution in [2.45, 2.75) is 13.0 Å². The summed E-state index contributed by atoms with van der Waals surface area (Å²) in [4.78, 5) is 8.93. The average molecular weight is 397 g/mol. The minimum absolute atomic E-state index is 0.158. The Bertz CT molecular complexity index is 1170. The van der Waals surface area contributed by atoms with Crippen molar-refractivity contribution < 1.29 is 9.84 Å². The fourth-order valence-corrected chi connectivity index (χ4v) is 3.40. The zero-order valence-electron chi connectivity index (χ0n) is 16.7. The lowest BCUT2D eigenvalue weighted by Crippen LogP contribution is -2.14. The summed E-state index contributed by atoms with van der Waals surface area (Å²) in [5.74, 6) is 1.65. The molecular weight excluding hydrogens is 374 g/mol. The van der Waals surface area contributed by atoms with Crippen molar-refractivity contribution in [1.29, 1.82) is 0 Å². The predicted octanol–water partition coefficient (Wildman–Crippen LogP) is 5.41. The molecule has 0 spiro atoms. The van der Waals surface area contributed by atoms with Crippen molar-refractivity contribution in [3.8, 4) is 11.5 Å². The maximum atomic E-state index is 11.0. The number of phenols is 1. The summed E-state index contributed by atoms with van der Waals surface area (Å²) in [5, 5.41) is 15.4. The monoisotopic (exact) mass is 397 g/mol. The van der Waals surface area contributed by atoms with Gasteiger partial charge in [0.1, 0.15) is 29.4 Å². The minimum atomic E-state index is -0.320. The molecule has 4 rings (SSSR count). The van der Waals surface area contributed by atoms with Crippen LogP contribution in [0.1, 0.15) is 22.9 Å². The van der Waals surface area contributed by atoms with Gasteiger partial charge in [-0.25, -0.2) is 4.98 Å². The number of rotatable bonds is 7. The molecule has 2 aromatic carbocycles. The van der Waals surface area contributed by atoms with Gasteiger partial charge >= 0.3 is 0 Å². The first-order chi connectivity index (χ1) is 14.7. The Morgan fingerprint density at radius 3 is 2.67 bits per heavy atom. The summed E-state index contributed by atoms with van der Waals surface area (Å²) in [7, 11) is 0. The summed E-state index contributed by atoms with van der Waals surface area (Å²) in [6, 6.07) is 21.0. The van der Waals surface area contributed by atoms with E-state index in [1.54, 1.807) is 12.3 Å². The lowest BCUT2D eigenvalue weighted by molar-refractivity contribution is 0.363. The number of hydrogen-bond acceptors (Lipinski definition) is 5. The number of anilines is 1. The molecule has 0 aliphatic carbocycles. The highest BCUT2D eigenvalue weighted by molar-refractivity contribution is 5.86. The van der Waals surface area contributed by atoms with E-state index >= 15 is 0 Å². The number of aromatic nitrogens is 2. The van der Waals surface area contributed by atoms with Crippen LogP contribution in [-0.4, -0.2) is 21.7 Å². The van der Waals surface area contributed by atoms with Gasteiger partial charge in [0.05, 0.1) is 6.04 Å². The van der Waals surface area contributed by atoms with Crippen LogP contribution in [0.15, 0.2) is 85.6 Å². The lowest BCUT2D eigenvalue weighted by atomic mass is 9.96. The molecule has 0 fully saturated rings. The third-order valence-electron chi connectivity index (χ3n) is 4.85. The molecule has 2 heterocycles. The molecule has 150 valence electrons. The summed E-state index contributed by atoms with van der Waals surface area (Å²) in [5.41, 5.74) is 3.18. The second-order valence-electron chi connectivity index (χ2n) is 6.99. The second-order valence-corrected chi connectivity index (χ2v) is 6.99. The molecule has 4 aromatic rings. The highest BCUT2D eigenvalue weighted by Crippen LogP contribution is 2.36. The van der Waals surface area contributed by atoms with E-state index in [0.29, 0.717) is 12.1 Å². The van der Waals surface area contributed by atoms with Gasteiger partial charge in [0.25, 0.3) is 0 Å². The van der Waals surface area contributed by atoms with Gasteiger partial charge in [-0.05, 0) is 42.8 Å². The Hall–Kier alpha value is -3.86. The number of nitrogens with one attached hydrogen (secondary N) is 1. The van der Waals surface area contributed by atoms with Crippen molar-refractivity contribution in [1.82, 2.24) is 9.97 Å². The van der Waals surface area contributed by atoms with E-state index in [2.05, 4.69) is 21.9 Å². The van der Waals surface area contributed by atoms with E-state index in [1.807, 2.05) is 73.7 Å². The van der Waals surface area contributed by atoms with Crippen LogP contribution >= 0.6 is 0 Å². The number of phenolic OH excluding ortho intramolecular Hbond substituents is 1. The maximum absolute atomic E-state index is 11.0. The smallest absolute Gasteiger partial charge is 0.147 e. The molecule has 2 aromatic heterocycles. The number of hydrogen-bond donors (Lipinski definition) is 2. The Labute approximate surface area is 175 Å². The van der Waals surface area contributed by atoms with Crippen molar-refractivity contribution in [2.75, 3.05) is 11.9 Å². The largest absolute Gasteiger partial charge is 0.505 e. The molecule has 1 atom stereocenters. The fourth-order valence-electron chi connectivity index (χ4n) is 3.40. The average Bonchev–Trinajstić information content (AvgIpc) is 2.77. The van der Waals surface area contributed by atoms with E-state index in [1.165, 1.54) is 0 Å². The van der Waals surface area contributed by atoms with Crippen LogP contribution < -0.4 is 10.1 Å². The van der Waals surface area contributed by atoms with Crippen LogP contribution in [0.25, 0.3) is 10.9 Å². The molecule has 2 N–H and O–H groups in total. The predicted molar refractivity (Wildman–Crippen MR) is 120 cm³/mol. The third kappa shape index (κ3) is 4.10. The van der Waals surface area contributed by atoms with Crippen molar-refractivity contribution >= 4 is 16.7 Å². The van der Waals surface area contributed by atoms with Crippen molar-refractivity contribution in [2.24, 2.45) is 0 Å². The summed E-state index contributed by atoms with van der Waals surface area (Å²) in [6.07, 6.45) is 3.39. The number of aromatic hydroxyl groups is 1. The molecule has 0 saturated heterocycles. The molecule has 0 saturated carbocycles. The number of nitrogens with zero attached hydrogens (tertiary/aromatic N) is 2. The van der Waals surface area contributed by atoms with Gasteiger partial charge in [0.2, 0.25) is 0 Å². The molecule has 0 amide bonds. The van der Waals surface area contributed by atoms with Crippen LogP contribution in [0, 0.1) is 6.92 Å². The number of benzene rings is 2. The van der Waals surface area contributed by atoms with Crippen LogP contribution in [0.4, 0.5) is 5.82 Å². The highest BCUT2D eigenvalue weighted by Gasteiger charge is 2.20. The van der Waals surface area contributed by atoms with Crippen molar-refractivity contribution in [3.05, 3.63) is 102 Å². The summed E-state index contributed by atoms with van der Waals surface area (Å²) >= 11 is 0. The van der Waals surface area contributed by atoms with Gasteiger partial charge in [-0.3, -0.25) is 4.98 Å². The number of aryl methyl sites for hydroxylation is 1. The van der Waals surface area contributed by atoms with E-state index in [9.17, 15) is 5.11 Å². The van der Waals surface area contributed by atoms with Crippen LogP contribution in [0.3, 0.4) is 0 Å². The Morgan fingerprint density at radius 1 is 1.07 bits per heavy atom. The van der Waals surface area contributed by atoms with Crippen LogP contribution in [-0.2, 0) is 0 Å². The van der Waals surface area contributed by atoms with Gasteiger partial charge in [0.15, 0.2) is 0 Å². The highest BCUT2D eigenvalue weighted by atomic mass is 16.5. The first kappa shape index (κ1) is 19.5. The van der Waals surface area contributed by atoms with Crippen LogP contribution in [0.5, 0.6) is 11.5 Å².